The molecule has 0 aliphatic carbocycles. The number of ether oxygens (including phenoxy) is 1. The van der Waals surface area contributed by atoms with Crippen LogP contribution >= 0.6 is 0 Å². The fourth-order valence-corrected chi connectivity index (χ4v) is 1.52. The first-order valence-corrected chi connectivity index (χ1v) is 5.88. The average Bonchev–Trinajstić information content (AvgIpc) is 2.23. The van der Waals surface area contributed by atoms with Crippen molar-refractivity contribution in [3.63, 3.8) is 0 Å². The molecular formula is C14H23NO. The predicted molar refractivity (Wildman–Crippen MR) is 69.0 cm³/mol. The van der Waals surface area contributed by atoms with Crippen molar-refractivity contribution in [3.8, 4) is 5.75 Å². The van der Waals surface area contributed by atoms with Crippen molar-refractivity contribution in [2.75, 3.05) is 6.61 Å². The van der Waals surface area contributed by atoms with Gasteiger partial charge in [0.15, 0.2) is 0 Å². The van der Waals surface area contributed by atoms with Crippen LogP contribution in [0.1, 0.15) is 30.5 Å². The first kappa shape index (κ1) is 13.0. The van der Waals surface area contributed by atoms with Crippen molar-refractivity contribution in [1.29, 1.82) is 0 Å². The first-order valence-electron chi connectivity index (χ1n) is 5.88. The Kier molecular flexibility index (Phi) is 4.36. The average molecular weight is 221 g/mol. The van der Waals surface area contributed by atoms with Crippen LogP contribution in [0.25, 0.3) is 0 Å². The molecule has 2 nitrogen and oxygen atoms in total. The molecule has 0 heterocycles. The van der Waals surface area contributed by atoms with E-state index in [1.165, 1.54) is 16.7 Å². The molecule has 90 valence electrons. The quantitative estimate of drug-likeness (QED) is 0.848. The molecule has 2 heteroatoms. The van der Waals surface area contributed by atoms with Crippen molar-refractivity contribution in [2.24, 2.45) is 11.7 Å². The molecule has 0 amide bonds. The summed E-state index contributed by atoms with van der Waals surface area (Å²) in [5.74, 6) is 1.45. The van der Waals surface area contributed by atoms with Crippen LogP contribution in [0.3, 0.4) is 0 Å². The fraction of sp³-hybridized carbons (Fsp3) is 0.571. The minimum atomic E-state index is 0.0966. The standard InChI is InChI=1S/C14H23NO/c1-9(2)13(15)8-16-14-11(4)7-6-10(3)12(14)5/h6-7,9,13H,8,15H2,1-5H3/t13-/m1/s1. The largest absolute Gasteiger partial charge is 0.491 e. The van der Waals surface area contributed by atoms with Crippen LogP contribution in [0.5, 0.6) is 5.75 Å². The third kappa shape index (κ3) is 2.99. The second-order valence-corrected chi connectivity index (χ2v) is 4.87. The summed E-state index contributed by atoms with van der Waals surface area (Å²) in [5, 5.41) is 0. The minimum absolute atomic E-state index is 0.0966. The third-order valence-corrected chi connectivity index (χ3v) is 3.15. The van der Waals surface area contributed by atoms with Gasteiger partial charge in [-0.2, -0.15) is 0 Å². The molecule has 1 atom stereocenters. The minimum Gasteiger partial charge on any atom is -0.491 e. The zero-order chi connectivity index (χ0) is 12.3. The van der Waals surface area contributed by atoms with Crippen LogP contribution in [0, 0.1) is 26.7 Å². The Hall–Kier alpha value is -1.02. The Morgan fingerprint density at radius 3 is 2.25 bits per heavy atom. The second kappa shape index (κ2) is 5.35. The van der Waals surface area contributed by atoms with Crippen molar-refractivity contribution < 1.29 is 4.74 Å². The van der Waals surface area contributed by atoms with Crippen molar-refractivity contribution >= 4 is 0 Å². The monoisotopic (exact) mass is 221 g/mol. The SMILES string of the molecule is Cc1ccc(C)c(OC[C@@H](N)C(C)C)c1C. The number of hydrogen-bond acceptors (Lipinski definition) is 2. The highest BCUT2D eigenvalue weighted by Crippen LogP contribution is 2.25. The zero-order valence-electron chi connectivity index (χ0n) is 11.0. The first-order chi connectivity index (χ1) is 7.43. The molecule has 0 unspecified atom stereocenters. The van der Waals surface area contributed by atoms with Crippen molar-refractivity contribution in [2.45, 2.75) is 40.7 Å². The van der Waals surface area contributed by atoms with Crippen LogP contribution in [0.4, 0.5) is 0 Å². The van der Waals surface area contributed by atoms with E-state index >= 15 is 0 Å². The van der Waals surface area contributed by atoms with Gasteiger partial charge >= 0.3 is 0 Å². The van der Waals surface area contributed by atoms with E-state index in [0.717, 1.165) is 5.75 Å². The summed E-state index contributed by atoms with van der Waals surface area (Å²) in [6.07, 6.45) is 0. The lowest BCUT2D eigenvalue weighted by atomic mass is 10.0. The molecule has 0 fully saturated rings. The van der Waals surface area contributed by atoms with Gasteiger partial charge in [0, 0.05) is 6.04 Å². The molecule has 2 N–H and O–H groups in total. The fourth-order valence-electron chi connectivity index (χ4n) is 1.52. The maximum absolute atomic E-state index is 5.98. The van der Waals surface area contributed by atoms with Gasteiger partial charge in [-0.1, -0.05) is 26.0 Å². The second-order valence-electron chi connectivity index (χ2n) is 4.87. The Morgan fingerprint density at radius 1 is 1.12 bits per heavy atom. The molecule has 1 rings (SSSR count). The van der Waals surface area contributed by atoms with E-state index in [2.05, 4.69) is 46.8 Å². The highest BCUT2D eigenvalue weighted by atomic mass is 16.5. The third-order valence-electron chi connectivity index (χ3n) is 3.15. The summed E-state index contributed by atoms with van der Waals surface area (Å²) in [5.41, 5.74) is 9.64. The van der Waals surface area contributed by atoms with E-state index < -0.39 is 0 Å². The topological polar surface area (TPSA) is 35.2 Å². The van der Waals surface area contributed by atoms with E-state index in [1.54, 1.807) is 0 Å². The van der Waals surface area contributed by atoms with E-state index in [9.17, 15) is 0 Å². The van der Waals surface area contributed by atoms with Crippen LogP contribution in [-0.2, 0) is 0 Å². The Labute approximate surface area is 98.8 Å². The van der Waals surface area contributed by atoms with Crippen LogP contribution < -0.4 is 10.5 Å². The van der Waals surface area contributed by atoms with Gasteiger partial charge in [0.05, 0.1) is 0 Å². The number of nitrogens with two attached hydrogens (primary N) is 1. The van der Waals surface area contributed by atoms with Crippen LogP contribution in [-0.4, -0.2) is 12.6 Å². The van der Waals surface area contributed by atoms with Crippen molar-refractivity contribution in [1.82, 2.24) is 0 Å². The molecule has 0 aliphatic heterocycles. The Balaban J connectivity index is 2.77. The van der Waals surface area contributed by atoms with Crippen LogP contribution in [0.15, 0.2) is 12.1 Å². The summed E-state index contributed by atoms with van der Waals surface area (Å²) in [4.78, 5) is 0. The number of benzene rings is 1. The van der Waals surface area contributed by atoms with E-state index in [0.29, 0.717) is 12.5 Å². The molecule has 0 saturated heterocycles. The van der Waals surface area contributed by atoms with E-state index in [4.69, 9.17) is 10.5 Å². The molecule has 16 heavy (non-hydrogen) atoms. The molecular weight excluding hydrogens is 198 g/mol. The predicted octanol–water partition coefficient (Wildman–Crippen LogP) is 2.97. The molecule has 0 saturated carbocycles. The Morgan fingerprint density at radius 2 is 1.69 bits per heavy atom. The summed E-state index contributed by atoms with van der Waals surface area (Å²) in [6, 6.07) is 4.32. The Bertz CT molecular complexity index is 358. The number of aryl methyl sites for hydroxylation is 2. The van der Waals surface area contributed by atoms with Crippen LogP contribution in [0.2, 0.25) is 0 Å². The molecule has 0 spiro atoms. The summed E-state index contributed by atoms with van der Waals surface area (Å²) in [6.45, 7) is 11.1. The molecule has 1 aromatic carbocycles. The van der Waals surface area contributed by atoms with Gasteiger partial charge in [-0.15, -0.1) is 0 Å². The molecule has 1 aromatic rings. The van der Waals surface area contributed by atoms with Gasteiger partial charge in [-0.3, -0.25) is 0 Å². The zero-order valence-corrected chi connectivity index (χ0v) is 11.0. The van der Waals surface area contributed by atoms with Gasteiger partial charge in [-0.25, -0.2) is 0 Å². The number of hydrogen-bond donors (Lipinski definition) is 1. The smallest absolute Gasteiger partial charge is 0.125 e. The summed E-state index contributed by atoms with van der Waals surface area (Å²) < 4.78 is 5.85. The summed E-state index contributed by atoms with van der Waals surface area (Å²) >= 11 is 0. The molecule has 0 aromatic heterocycles. The highest BCUT2D eigenvalue weighted by Gasteiger charge is 2.11. The van der Waals surface area contributed by atoms with E-state index in [1.807, 2.05) is 0 Å². The van der Waals surface area contributed by atoms with Gasteiger partial charge in [-0.05, 0) is 43.4 Å². The highest BCUT2D eigenvalue weighted by molar-refractivity contribution is 5.44. The molecule has 0 radical (unpaired) electrons. The normalized spacial score (nSPS) is 12.9. The van der Waals surface area contributed by atoms with Gasteiger partial charge in [0.2, 0.25) is 0 Å². The molecule has 0 bridgehead atoms. The van der Waals surface area contributed by atoms with Gasteiger partial charge < -0.3 is 10.5 Å². The van der Waals surface area contributed by atoms with Gasteiger partial charge in [0.1, 0.15) is 12.4 Å². The lowest BCUT2D eigenvalue weighted by Crippen LogP contribution is -2.33. The van der Waals surface area contributed by atoms with Crippen molar-refractivity contribution in [3.05, 3.63) is 28.8 Å². The maximum atomic E-state index is 5.98. The lowest BCUT2D eigenvalue weighted by Gasteiger charge is -2.19. The van der Waals surface area contributed by atoms with Gasteiger partial charge in [0.25, 0.3) is 0 Å². The molecule has 0 aliphatic rings. The van der Waals surface area contributed by atoms with E-state index in [-0.39, 0.29) is 6.04 Å². The number of rotatable bonds is 4. The summed E-state index contributed by atoms with van der Waals surface area (Å²) in [7, 11) is 0. The maximum Gasteiger partial charge on any atom is 0.125 e. The lowest BCUT2D eigenvalue weighted by molar-refractivity contribution is 0.256.